The first-order valence-corrected chi connectivity index (χ1v) is 9.67. The molecule has 0 bridgehead atoms. The zero-order chi connectivity index (χ0) is 17.2. The third kappa shape index (κ3) is 8.30. The minimum absolute atomic E-state index is 0.0677. The topological polar surface area (TPSA) is 67.9 Å². The van der Waals surface area contributed by atoms with Crippen LogP contribution in [-0.2, 0) is 33.2 Å². The predicted octanol–water partition coefficient (Wildman–Crippen LogP) is 1.87. The number of ether oxygens (including phenoxy) is 7. The second-order valence-corrected chi connectivity index (χ2v) is 6.79. The summed E-state index contributed by atoms with van der Waals surface area (Å²) in [5.41, 5.74) is 0. The number of hydrogen-bond donors (Lipinski definition) is 0. The molecular formula is C18H32O7. The molecule has 146 valence electrons. The van der Waals surface area contributed by atoms with Gasteiger partial charge in [0.2, 0.25) is 0 Å². The number of hydrogen-bond acceptors (Lipinski definition) is 7. The van der Waals surface area contributed by atoms with Gasteiger partial charge in [0.15, 0.2) is 12.6 Å². The second-order valence-electron chi connectivity index (χ2n) is 6.79. The second kappa shape index (κ2) is 11.4. The maximum Gasteiger partial charge on any atom is 0.158 e. The molecule has 25 heavy (non-hydrogen) atoms. The third-order valence-corrected chi connectivity index (χ3v) is 4.47. The van der Waals surface area contributed by atoms with Crippen LogP contribution in [0.2, 0.25) is 0 Å². The Labute approximate surface area is 150 Å². The molecule has 4 unspecified atom stereocenters. The molecule has 7 nitrogen and oxygen atoms in total. The van der Waals surface area contributed by atoms with Gasteiger partial charge in [0.25, 0.3) is 0 Å². The molecule has 3 saturated heterocycles. The average molecular weight is 360 g/mol. The molecule has 3 rings (SSSR count). The Morgan fingerprint density at radius 1 is 0.800 bits per heavy atom. The van der Waals surface area contributed by atoms with Crippen LogP contribution in [0.4, 0.5) is 0 Å². The highest BCUT2D eigenvalue weighted by atomic mass is 16.7. The molecule has 0 spiro atoms. The molecule has 0 radical (unpaired) electrons. The fourth-order valence-corrected chi connectivity index (χ4v) is 2.95. The first-order valence-electron chi connectivity index (χ1n) is 9.67. The lowest BCUT2D eigenvalue weighted by atomic mass is 10.2. The van der Waals surface area contributed by atoms with E-state index in [1.165, 1.54) is 6.42 Å². The van der Waals surface area contributed by atoms with Crippen LogP contribution in [0, 0.1) is 0 Å². The smallest absolute Gasteiger partial charge is 0.158 e. The summed E-state index contributed by atoms with van der Waals surface area (Å²) in [4.78, 5) is 0. The maximum atomic E-state index is 6.01. The molecule has 0 aromatic rings. The van der Waals surface area contributed by atoms with Crippen molar-refractivity contribution in [3.05, 3.63) is 0 Å². The van der Waals surface area contributed by atoms with Crippen molar-refractivity contribution in [2.45, 2.75) is 63.3 Å². The molecule has 0 amide bonds. The van der Waals surface area contributed by atoms with E-state index in [1.54, 1.807) is 0 Å². The van der Waals surface area contributed by atoms with Crippen LogP contribution in [0.1, 0.15) is 38.5 Å². The molecule has 0 N–H and O–H groups in total. The Kier molecular flexibility index (Phi) is 8.91. The normalized spacial score (nSPS) is 31.0. The molecule has 3 fully saturated rings. The van der Waals surface area contributed by atoms with E-state index in [-0.39, 0.29) is 24.8 Å². The summed E-state index contributed by atoms with van der Waals surface area (Å²) in [6.45, 7) is 5.01. The van der Waals surface area contributed by atoms with E-state index in [9.17, 15) is 0 Å². The maximum absolute atomic E-state index is 6.01. The van der Waals surface area contributed by atoms with Crippen molar-refractivity contribution in [1.29, 1.82) is 0 Å². The zero-order valence-electron chi connectivity index (χ0n) is 15.1. The van der Waals surface area contributed by atoms with E-state index in [0.717, 1.165) is 51.9 Å². The molecule has 3 aliphatic heterocycles. The molecule has 0 aromatic heterocycles. The van der Waals surface area contributed by atoms with Gasteiger partial charge < -0.3 is 33.2 Å². The largest absolute Gasteiger partial charge is 0.376 e. The molecule has 0 aromatic carbocycles. The van der Waals surface area contributed by atoms with E-state index < -0.39 is 0 Å². The molecule has 7 heteroatoms. The fourth-order valence-electron chi connectivity index (χ4n) is 2.95. The van der Waals surface area contributed by atoms with Crippen LogP contribution >= 0.6 is 0 Å². The third-order valence-electron chi connectivity index (χ3n) is 4.47. The monoisotopic (exact) mass is 360 g/mol. The van der Waals surface area contributed by atoms with Gasteiger partial charge in [0, 0.05) is 13.2 Å². The van der Waals surface area contributed by atoms with E-state index >= 15 is 0 Å². The summed E-state index contributed by atoms with van der Waals surface area (Å²) in [6.07, 6.45) is 6.38. The van der Waals surface area contributed by atoms with Crippen LogP contribution in [0.25, 0.3) is 0 Å². The summed E-state index contributed by atoms with van der Waals surface area (Å²) >= 11 is 0. The van der Waals surface area contributed by atoms with Gasteiger partial charge in [-0.25, -0.2) is 0 Å². The lowest BCUT2D eigenvalue weighted by Gasteiger charge is -2.28. The summed E-state index contributed by atoms with van der Waals surface area (Å²) in [7, 11) is 0. The van der Waals surface area contributed by atoms with Gasteiger partial charge in [-0.1, -0.05) is 0 Å². The lowest BCUT2D eigenvalue weighted by Crippen LogP contribution is -2.34. The highest BCUT2D eigenvalue weighted by Crippen LogP contribution is 2.17. The summed E-state index contributed by atoms with van der Waals surface area (Å²) in [6, 6.07) is 0. The molecule has 0 aliphatic carbocycles. The van der Waals surface area contributed by atoms with Gasteiger partial charge in [0.05, 0.1) is 39.6 Å². The van der Waals surface area contributed by atoms with Crippen molar-refractivity contribution in [2.24, 2.45) is 0 Å². The average Bonchev–Trinajstić information content (AvgIpc) is 3.47. The minimum atomic E-state index is -0.144. The van der Waals surface area contributed by atoms with Crippen molar-refractivity contribution in [3.63, 3.8) is 0 Å². The van der Waals surface area contributed by atoms with E-state index in [1.807, 2.05) is 0 Å². The van der Waals surface area contributed by atoms with Gasteiger partial charge >= 0.3 is 0 Å². The first-order chi connectivity index (χ1) is 12.4. The number of rotatable bonds is 12. The van der Waals surface area contributed by atoms with Gasteiger partial charge in [-0.15, -0.1) is 0 Å². The van der Waals surface area contributed by atoms with Gasteiger partial charge in [-0.05, 0) is 38.5 Å². The quantitative estimate of drug-likeness (QED) is 0.389. The molecule has 0 saturated carbocycles. The van der Waals surface area contributed by atoms with Crippen LogP contribution in [0.3, 0.4) is 0 Å². The van der Waals surface area contributed by atoms with Crippen molar-refractivity contribution < 1.29 is 33.2 Å². The van der Waals surface area contributed by atoms with Crippen molar-refractivity contribution in [2.75, 3.05) is 52.9 Å². The van der Waals surface area contributed by atoms with E-state index in [0.29, 0.717) is 33.0 Å². The molecule has 3 aliphatic rings. The molecular weight excluding hydrogens is 328 g/mol. The first kappa shape index (κ1) is 19.5. The van der Waals surface area contributed by atoms with Gasteiger partial charge in [0.1, 0.15) is 12.2 Å². The summed E-state index contributed by atoms with van der Waals surface area (Å²) < 4.78 is 39.4. The van der Waals surface area contributed by atoms with Crippen molar-refractivity contribution in [1.82, 2.24) is 0 Å². The van der Waals surface area contributed by atoms with Crippen molar-refractivity contribution >= 4 is 0 Å². The molecule has 4 atom stereocenters. The zero-order valence-corrected chi connectivity index (χ0v) is 15.1. The standard InChI is InChI=1S/C18H32O7/c1-3-7-21-17(5-1)23-10-9-19-12-16(13-20-11-15-14-24-15)25-18-6-2-4-8-22-18/h15-18H,1-14H2. The lowest BCUT2D eigenvalue weighted by molar-refractivity contribution is -0.211. The van der Waals surface area contributed by atoms with Crippen LogP contribution in [-0.4, -0.2) is 77.6 Å². The minimum Gasteiger partial charge on any atom is -0.376 e. The Bertz CT molecular complexity index is 338. The van der Waals surface area contributed by atoms with Gasteiger partial charge in [-0.2, -0.15) is 0 Å². The van der Waals surface area contributed by atoms with E-state index in [4.69, 9.17) is 33.2 Å². The SMILES string of the molecule is C1CCC(OCCOCC(COCC2CO2)OC2CCCCO2)OC1. The van der Waals surface area contributed by atoms with Crippen LogP contribution in [0.5, 0.6) is 0 Å². The predicted molar refractivity (Wildman–Crippen MR) is 89.4 cm³/mol. The summed E-state index contributed by atoms with van der Waals surface area (Å²) in [5, 5.41) is 0. The Morgan fingerprint density at radius 3 is 2.20 bits per heavy atom. The highest BCUT2D eigenvalue weighted by Gasteiger charge is 2.25. The highest BCUT2D eigenvalue weighted by molar-refractivity contribution is 4.68. The van der Waals surface area contributed by atoms with Gasteiger partial charge in [-0.3, -0.25) is 0 Å². The number of epoxide rings is 1. The van der Waals surface area contributed by atoms with E-state index in [2.05, 4.69) is 0 Å². The van der Waals surface area contributed by atoms with Crippen molar-refractivity contribution in [3.8, 4) is 0 Å². The Morgan fingerprint density at radius 2 is 1.52 bits per heavy atom. The fraction of sp³-hybridized carbons (Fsp3) is 1.00. The summed E-state index contributed by atoms with van der Waals surface area (Å²) in [5.74, 6) is 0. The Hall–Kier alpha value is -0.280. The van der Waals surface area contributed by atoms with Crippen LogP contribution < -0.4 is 0 Å². The Balaban J connectivity index is 1.28. The van der Waals surface area contributed by atoms with Crippen LogP contribution in [0.15, 0.2) is 0 Å². The molecule has 3 heterocycles.